The van der Waals surface area contributed by atoms with Crippen molar-refractivity contribution in [2.75, 3.05) is 12.4 Å². The molecule has 0 fully saturated rings. The van der Waals surface area contributed by atoms with Gasteiger partial charge in [0.25, 0.3) is 0 Å². The van der Waals surface area contributed by atoms with Crippen molar-refractivity contribution in [2.45, 2.75) is 26.4 Å². The van der Waals surface area contributed by atoms with Crippen molar-refractivity contribution < 1.29 is 24.2 Å². The van der Waals surface area contributed by atoms with Gasteiger partial charge in [0.1, 0.15) is 17.0 Å². The van der Waals surface area contributed by atoms with E-state index in [1.807, 2.05) is 0 Å². The van der Waals surface area contributed by atoms with Crippen molar-refractivity contribution in [1.29, 1.82) is 0 Å². The molecule has 2 aromatic rings. The van der Waals surface area contributed by atoms with Gasteiger partial charge in [0.15, 0.2) is 11.5 Å². The number of aromatic carboxylic acids is 1. The van der Waals surface area contributed by atoms with Crippen molar-refractivity contribution in [3.05, 3.63) is 30.0 Å². The Morgan fingerprint density at radius 3 is 2.50 bits per heavy atom. The first kappa shape index (κ1) is 17.3. The third-order valence-electron chi connectivity index (χ3n) is 2.81. The number of nitrogens with one attached hydrogen (secondary N) is 1. The third-order valence-corrected chi connectivity index (χ3v) is 2.81. The minimum Gasteiger partial charge on any atom is -0.494 e. The second kappa shape index (κ2) is 6.57. The van der Waals surface area contributed by atoms with Gasteiger partial charge < -0.3 is 14.6 Å². The first-order valence-electron chi connectivity index (χ1n) is 7.05. The molecule has 0 spiro atoms. The quantitative estimate of drug-likeness (QED) is 0.881. The molecule has 0 radical (unpaired) electrons. The fourth-order valence-electron chi connectivity index (χ4n) is 1.93. The van der Waals surface area contributed by atoms with Crippen LogP contribution in [0.5, 0.6) is 5.75 Å². The van der Waals surface area contributed by atoms with Crippen LogP contribution >= 0.6 is 0 Å². The Hall–Kier alpha value is -3.10. The van der Waals surface area contributed by atoms with Crippen molar-refractivity contribution in [2.24, 2.45) is 0 Å². The number of hydrogen-bond donors (Lipinski definition) is 2. The molecule has 0 aliphatic carbocycles. The van der Waals surface area contributed by atoms with E-state index in [9.17, 15) is 14.7 Å². The van der Waals surface area contributed by atoms with Gasteiger partial charge in [-0.25, -0.2) is 9.59 Å². The van der Waals surface area contributed by atoms with E-state index in [-0.39, 0.29) is 11.5 Å². The fourth-order valence-corrected chi connectivity index (χ4v) is 1.93. The summed E-state index contributed by atoms with van der Waals surface area (Å²) in [6.07, 6.45) is -0.822. The molecular formula is C15H18N4O5. The molecule has 1 heterocycles. The molecule has 0 atom stereocenters. The number of anilines is 1. The second-order valence-electron chi connectivity index (χ2n) is 5.80. The molecule has 2 N–H and O–H groups in total. The summed E-state index contributed by atoms with van der Waals surface area (Å²) < 4.78 is 11.4. The molecule has 0 unspecified atom stereocenters. The third kappa shape index (κ3) is 3.80. The molecule has 0 saturated heterocycles. The normalized spacial score (nSPS) is 11.0. The number of para-hydroxylation sites is 2. The first-order valence-corrected chi connectivity index (χ1v) is 7.05. The number of carboxylic acid groups (broad SMARTS) is 1. The summed E-state index contributed by atoms with van der Waals surface area (Å²) in [5.41, 5.74) is -0.668. The molecule has 0 bridgehead atoms. The summed E-state index contributed by atoms with van der Waals surface area (Å²) in [7, 11) is 1.45. The van der Waals surface area contributed by atoms with Crippen molar-refractivity contribution >= 4 is 17.9 Å². The fraction of sp³-hybridized carbons (Fsp3) is 0.333. The highest BCUT2D eigenvalue weighted by atomic mass is 16.6. The number of hydrogen-bond acceptors (Lipinski definition) is 6. The van der Waals surface area contributed by atoms with Crippen LogP contribution in [0.15, 0.2) is 24.3 Å². The molecule has 9 heteroatoms. The van der Waals surface area contributed by atoms with Crippen LogP contribution in [0.3, 0.4) is 0 Å². The highest BCUT2D eigenvalue weighted by Crippen LogP contribution is 2.25. The van der Waals surface area contributed by atoms with Gasteiger partial charge in [-0.1, -0.05) is 17.3 Å². The molecule has 9 nitrogen and oxygen atoms in total. The topological polar surface area (TPSA) is 116 Å². The van der Waals surface area contributed by atoms with Crippen molar-refractivity contribution in [3.8, 4) is 11.4 Å². The van der Waals surface area contributed by atoms with Gasteiger partial charge in [-0.05, 0) is 32.9 Å². The van der Waals surface area contributed by atoms with Gasteiger partial charge in [0.2, 0.25) is 0 Å². The standard InChI is InChI=1S/C15H18N4O5/c1-15(2,3)24-14(22)16-12-11(13(20)21)19(18-17-12)9-7-5-6-8-10(9)23-4/h5-8H,1-4H3,(H,16,22)(H,20,21). The molecule has 128 valence electrons. The Balaban J connectivity index is 2.41. The number of benzene rings is 1. The minimum absolute atomic E-state index is 0.220. The average Bonchev–Trinajstić information content (AvgIpc) is 2.88. The van der Waals surface area contributed by atoms with Crippen LogP contribution in [0.2, 0.25) is 0 Å². The van der Waals surface area contributed by atoms with Gasteiger partial charge in [0, 0.05) is 0 Å². The number of rotatable bonds is 4. The van der Waals surface area contributed by atoms with E-state index in [0.29, 0.717) is 11.4 Å². The molecule has 24 heavy (non-hydrogen) atoms. The number of ether oxygens (including phenoxy) is 2. The SMILES string of the molecule is COc1ccccc1-n1nnc(NC(=O)OC(C)(C)C)c1C(=O)O. The Morgan fingerprint density at radius 2 is 1.92 bits per heavy atom. The van der Waals surface area contributed by atoms with Crippen LogP contribution < -0.4 is 10.1 Å². The molecular weight excluding hydrogens is 316 g/mol. The first-order chi connectivity index (χ1) is 11.2. The maximum absolute atomic E-state index is 11.8. The zero-order valence-electron chi connectivity index (χ0n) is 13.7. The summed E-state index contributed by atoms with van der Waals surface area (Å²) in [5, 5.41) is 19.3. The molecule has 1 aromatic heterocycles. The summed E-state index contributed by atoms with van der Waals surface area (Å²) in [5.74, 6) is -1.12. The minimum atomic E-state index is -1.31. The van der Waals surface area contributed by atoms with Gasteiger partial charge >= 0.3 is 12.1 Å². The smallest absolute Gasteiger partial charge is 0.413 e. The maximum atomic E-state index is 11.8. The maximum Gasteiger partial charge on any atom is 0.413 e. The lowest BCUT2D eigenvalue weighted by Crippen LogP contribution is -2.28. The molecule has 1 amide bonds. The molecule has 1 aromatic carbocycles. The van der Waals surface area contributed by atoms with E-state index in [0.717, 1.165) is 4.68 Å². The number of carboxylic acids is 1. The lowest BCUT2D eigenvalue weighted by molar-refractivity contribution is 0.0635. The Morgan fingerprint density at radius 1 is 1.25 bits per heavy atom. The highest BCUT2D eigenvalue weighted by Gasteiger charge is 2.25. The van der Waals surface area contributed by atoms with Gasteiger partial charge in [-0.3, -0.25) is 5.32 Å². The zero-order valence-corrected chi connectivity index (χ0v) is 13.7. The largest absolute Gasteiger partial charge is 0.494 e. The predicted molar refractivity (Wildman–Crippen MR) is 84.7 cm³/mol. The number of aromatic nitrogens is 3. The van der Waals surface area contributed by atoms with E-state index in [4.69, 9.17) is 9.47 Å². The van der Waals surface area contributed by atoms with E-state index in [2.05, 4.69) is 15.6 Å². The Labute approximate surface area is 138 Å². The molecule has 0 saturated carbocycles. The summed E-state index contributed by atoms with van der Waals surface area (Å²) in [6, 6.07) is 6.71. The molecule has 0 aliphatic rings. The Bertz CT molecular complexity index is 763. The van der Waals surface area contributed by atoms with E-state index < -0.39 is 17.7 Å². The average molecular weight is 334 g/mol. The van der Waals surface area contributed by atoms with Crippen LogP contribution in [-0.4, -0.2) is 44.9 Å². The van der Waals surface area contributed by atoms with Crippen molar-refractivity contribution in [1.82, 2.24) is 15.0 Å². The van der Waals surface area contributed by atoms with Crippen LogP contribution in [0.25, 0.3) is 5.69 Å². The van der Waals surface area contributed by atoms with E-state index >= 15 is 0 Å². The second-order valence-corrected chi connectivity index (χ2v) is 5.80. The number of carbonyl (C=O) groups is 2. The van der Waals surface area contributed by atoms with Crippen LogP contribution in [0.4, 0.5) is 10.6 Å². The lowest BCUT2D eigenvalue weighted by atomic mass is 10.2. The zero-order chi connectivity index (χ0) is 17.9. The monoisotopic (exact) mass is 334 g/mol. The summed E-state index contributed by atoms with van der Waals surface area (Å²) in [6.45, 7) is 5.07. The number of nitrogens with zero attached hydrogens (tertiary/aromatic N) is 3. The summed E-state index contributed by atoms with van der Waals surface area (Å²) >= 11 is 0. The van der Waals surface area contributed by atoms with Gasteiger partial charge in [-0.15, -0.1) is 5.10 Å². The van der Waals surface area contributed by atoms with E-state index in [1.165, 1.54) is 7.11 Å². The van der Waals surface area contributed by atoms with Crippen LogP contribution in [-0.2, 0) is 4.74 Å². The lowest BCUT2D eigenvalue weighted by Gasteiger charge is -2.19. The van der Waals surface area contributed by atoms with Gasteiger partial charge in [0.05, 0.1) is 7.11 Å². The number of methoxy groups -OCH3 is 1. The number of amides is 1. The van der Waals surface area contributed by atoms with Crippen LogP contribution in [0, 0.1) is 0 Å². The highest BCUT2D eigenvalue weighted by molar-refractivity contribution is 5.96. The molecule has 0 aliphatic heterocycles. The van der Waals surface area contributed by atoms with Crippen molar-refractivity contribution in [3.63, 3.8) is 0 Å². The van der Waals surface area contributed by atoms with Gasteiger partial charge in [-0.2, -0.15) is 4.68 Å². The predicted octanol–water partition coefficient (Wildman–Crippen LogP) is 2.32. The van der Waals surface area contributed by atoms with Crippen LogP contribution in [0.1, 0.15) is 31.3 Å². The van der Waals surface area contributed by atoms with E-state index in [1.54, 1.807) is 45.0 Å². The summed E-state index contributed by atoms with van der Waals surface area (Å²) in [4.78, 5) is 23.5. The number of carbonyl (C=O) groups excluding carboxylic acids is 1. The Kier molecular flexibility index (Phi) is 4.72. The molecule has 2 rings (SSSR count).